The average Bonchev–Trinajstić information content (AvgIpc) is 3.39. The van der Waals surface area contributed by atoms with E-state index in [9.17, 15) is 49.6 Å². The van der Waals surface area contributed by atoms with Gasteiger partial charge in [0.05, 0.1) is 21.5 Å². The van der Waals surface area contributed by atoms with E-state index >= 15 is 0 Å². The van der Waals surface area contributed by atoms with Crippen LogP contribution in [0.3, 0.4) is 0 Å². The Labute approximate surface area is 254 Å². The molecule has 230 valence electrons. The van der Waals surface area contributed by atoms with E-state index in [1.165, 1.54) is 31.4 Å². The molecule has 1 aromatic heterocycles. The van der Waals surface area contributed by atoms with Crippen molar-refractivity contribution in [3.8, 4) is 0 Å². The number of nitrogen functional groups attached to an aromatic ring is 1. The number of aliphatic carboxylic acids is 2. The predicted octanol–water partition coefficient (Wildman–Crippen LogP) is 1.58. The first-order valence-corrected chi connectivity index (χ1v) is 14.1. The van der Waals surface area contributed by atoms with Crippen molar-refractivity contribution in [1.29, 1.82) is 0 Å². The number of nitro groups is 2. The van der Waals surface area contributed by atoms with Gasteiger partial charge in [-0.25, -0.2) is 14.6 Å². The number of carbonyl (C=O) groups is 4. The number of thioether (sulfide) groups is 1. The molecule has 0 radical (unpaired) electrons. The van der Waals surface area contributed by atoms with Crippen LogP contribution in [0.2, 0.25) is 0 Å². The molecule has 2 atom stereocenters. The van der Waals surface area contributed by atoms with Crippen LogP contribution in [-0.4, -0.2) is 82.2 Å². The van der Waals surface area contributed by atoms with Crippen molar-refractivity contribution < 1.29 is 44.1 Å². The molecule has 0 aliphatic carbocycles. The lowest BCUT2D eigenvalue weighted by Crippen LogP contribution is -2.71. The summed E-state index contributed by atoms with van der Waals surface area (Å²) in [6.45, 7) is 2.39. The van der Waals surface area contributed by atoms with Crippen LogP contribution in [0.25, 0.3) is 6.08 Å². The highest BCUT2D eigenvalue weighted by atomic mass is 32.2. The van der Waals surface area contributed by atoms with E-state index in [2.05, 4.69) is 15.5 Å². The molecular formula is C24H21N7O11S2. The summed E-state index contributed by atoms with van der Waals surface area (Å²) in [6, 6.07) is 1.76. The Kier molecular flexibility index (Phi) is 8.67. The fourth-order valence-electron chi connectivity index (χ4n) is 3.92. The summed E-state index contributed by atoms with van der Waals surface area (Å²) in [5.74, 6) is -4.59. The topological polar surface area (TPSA) is 271 Å². The van der Waals surface area contributed by atoms with Gasteiger partial charge < -0.3 is 26.1 Å². The van der Waals surface area contributed by atoms with Gasteiger partial charge in [0.2, 0.25) is 5.60 Å². The number of benzene rings is 1. The maximum atomic E-state index is 13.2. The zero-order chi connectivity index (χ0) is 32.5. The SMILES string of the molecule is CC(C)(O/N=C(/C(=O)NC1C(=O)N2C(C(=O)O)=C(/C=C/c3ccc([N+](=O)[O-])cc3[N+](=O)[O-])CSC12)c1csc(N)n1)C(=O)O. The number of nitrogens with zero attached hydrogens (tertiary/aromatic N) is 5. The van der Waals surface area contributed by atoms with Crippen LogP contribution in [0.5, 0.6) is 0 Å². The number of non-ortho nitro benzene ring substituents is 1. The molecule has 1 saturated heterocycles. The third kappa shape index (κ3) is 6.20. The maximum Gasteiger partial charge on any atom is 0.352 e. The minimum atomic E-state index is -1.82. The van der Waals surface area contributed by atoms with Gasteiger partial charge in [-0.1, -0.05) is 11.2 Å². The lowest BCUT2D eigenvalue weighted by molar-refractivity contribution is -0.394. The molecular weight excluding hydrogens is 626 g/mol. The second kappa shape index (κ2) is 12.1. The summed E-state index contributed by atoms with van der Waals surface area (Å²) in [5.41, 5.74) is 1.89. The smallest absolute Gasteiger partial charge is 0.352 e. The lowest BCUT2D eigenvalue weighted by atomic mass is 10.0. The lowest BCUT2D eigenvalue weighted by Gasteiger charge is -2.49. The molecule has 4 rings (SSSR count). The van der Waals surface area contributed by atoms with Crippen LogP contribution in [0.1, 0.15) is 25.1 Å². The summed E-state index contributed by atoms with van der Waals surface area (Å²) >= 11 is 2.06. The molecule has 3 heterocycles. The number of anilines is 1. The first-order chi connectivity index (χ1) is 20.6. The molecule has 0 bridgehead atoms. The molecule has 2 unspecified atom stereocenters. The maximum absolute atomic E-state index is 13.2. The number of thiazole rings is 1. The first-order valence-electron chi connectivity index (χ1n) is 12.2. The number of amides is 2. The molecule has 1 aromatic carbocycles. The van der Waals surface area contributed by atoms with Gasteiger partial charge in [-0.05, 0) is 31.6 Å². The van der Waals surface area contributed by atoms with Gasteiger partial charge in [-0.15, -0.1) is 23.1 Å². The van der Waals surface area contributed by atoms with Gasteiger partial charge in [0.25, 0.3) is 23.2 Å². The van der Waals surface area contributed by atoms with Crippen molar-refractivity contribution in [2.45, 2.75) is 30.9 Å². The van der Waals surface area contributed by atoms with Gasteiger partial charge in [0, 0.05) is 17.2 Å². The van der Waals surface area contributed by atoms with E-state index in [-0.39, 0.29) is 27.7 Å². The average molecular weight is 648 g/mol. The zero-order valence-corrected chi connectivity index (χ0v) is 24.2. The van der Waals surface area contributed by atoms with E-state index in [4.69, 9.17) is 10.6 Å². The van der Waals surface area contributed by atoms with Gasteiger partial charge in [-0.2, -0.15) is 0 Å². The van der Waals surface area contributed by atoms with Crippen molar-refractivity contribution in [2.24, 2.45) is 5.16 Å². The highest BCUT2D eigenvalue weighted by molar-refractivity contribution is 8.00. The van der Waals surface area contributed by atoms with Crippen LogP contribution >= 0.6 is 23.1 Å². The molecule has 0 spiro atoms. The number of β-lactam (4-membered cyclic amide) rings is 1. The Morgan fingerprint density at radius 2 is 1.93 bits per heavy atom. The Balaban J connectivity index is 1.58. The van der Waals surface area contributed by atoms with E-state index in [0.29, 0.717) is 0 Å². The highest BCUT2D eigenvalue weighted by Gasteiger charge is 2.54. The van der Waals surface area contributed by atoms with E-state index < -0.39 is 73.4 Å². The molecule has 1 fully saturated rings. The second-order valence-electron chi connectivity index (χ2n) is 9.55. The molecule has 5 N–H and O–H groups in total. The standard InChI is InChI=1S/C24H21N7O11S2/c1-24(2,22(36)37)42-28-15(13-9-44-23(25)26-13)18(32)27-16-19(33)29-17(21(34)35)11(8-43-20(16)29)4-3-10-5-6-12(30(38)39)7-14(10)31(40)41/h3-7,9,16,20H,8H2,1-2H3,(H2,25,26)(H,27,32)(H,34,35)(H,36,37)/b4-3+,28-15+. The van der Waals surface area contributed by atoms with Crippen molar-refractivity contribution >= 4 is 75.1 Å². The number of allylic oxidation sites excluding steroid dienone is 1. The van der Waals surface area contributed by atoms with E-state index in [0.717, 1.165) is 46.2 Å². The van der Waals surface area contributed by atoms with Crippen molar-refractivity contribution in [2.75, 3.05) is 11.5 Å². The van der Waals surface area contributed by atoms with Gasteiger partial charge in [-0.3, -0.25) is 34.7 Å². The third-order valence-corrected chi connectivity index (χ3v) is 8.21. The first kappa shape index (κ1) is 31.6. The van der Waals surface area contributed by atoms with Gasteiger partial charge >= 0.3 is 11.9 Å². The van der Waals surface area contributed by atoms with Crippen LogP contribution in [0, 0.1) is 20.2 Å². The Bertz CT molecular complexity index is 1700. The molecule has 2 aliphatic rings. The number of rotatable bonds is 11. The van der Waals surface area contributed by atoms with Crippen molar-refractivity contribution in [1.82, 2.24) is 15.2 Å². The van der Waals surface area contributed by atoms with E-state index in [1.807, 2.05) is 0 Å². The zero-order valence-electron chi connectivity index (χ0n) is 22.5. The molecule has 2 amide bonds. The summed E-state index contributed by atoms with van der Waals surface area (Å²) in [7, 11) is 0. The van der Waals surface area contributed by atoms with Gasteiger partial charge in [0.15, 0.2) is 10.8 Å². The molecule has 20 heteroatoms. The molecule has 2 aliphatic heterocycles. The molecule has 2 aromatic rings. The number of nitrogens with two attached hydrogens (primary N) is 1. The van der Waals surface area contributed by atoms with Gasteiger partial charge in [0.1, 0.15) is 22.8 Å². The number of nitrogens with one attached hydrogen (secondary N) is 1. The number of carboxylic acids is 2. The number of nitro benzene ring substituents is 2. The number of fused-ring (bicyclic) bond motifs is 1. The summed E-state index contributed by atoms with van der Waals surface area (Å²) in [6.07, 6.45) is 2.48. The Morgan fingerprint density at radius 1 is 1.23 bits per heavy atom. The molecule has 18 nitrogen and oxygen atoms in total. The van der Waals surface area contributed by atoms with E-state index in [1.54, 1.807) is 0 Å². The summed E-state index contributed by atoms with van der Waals surface area (Å²) in [4.78, 5) is 80.7. The second-order valence-corrected chi connectivity index (χ2v) is 11.5. The summed E-state index contributed by atoms with van der Waals surface area (Å²) < 4.78 is 0. The quantitative estimate of drug-likeness (QED) is 0.117. The van der Waals surface area contributed by atoms with Crippen LogP contribution in [0.4, 0.5) is 16.5 Å². The highest BCUT2D eigenvalue weighted by Crippen LogP contribution is 2.41. The fourth-order valence-corrected chi connectivity index (χ4v) is 5.78. The minimum Gasteiger partial charge on any atom is -0.478 e. The number of aromatic nitrogens is 1. The van der Waals surface area contributed by atoms with Crippen LogP contribution < -0.4 is 11.1 Å². The number of carbonyl (C=O) groups excluding carboxylic acids is 2. The number of hydrogen-bond donors (Lipinski definition) is 4. The number of carboxylic acid groups (broad SMARTS) is 2. The third-order valence-electron chi connectivity index (χ3n) is 6.23. The largest absolute Gasteiger partial charge is 0.478 e. The minimum absolute atomic E-state index is 0.0131. The predicted molar refractivity (Wildman–Crippen MR) is 154 cm³/mol. The number of oxime groups is 1. The van der Waals surface area contributed by atoms with Crippen molar-refractivity contribution in [3.63, 3.8) is 0 Å². The van der Waals surface area contributed by atoms with Crippen LogP contribution in [-0.2, 0) is 24.0 Å². The fraction of sp³-hybridized carbons (Fsp3) is 0.250. The summed E-state index contributed by atoms with van der Waals surface area (Å²) in [5, 5.41) is 48.4. The Morgan fingerprint density at radius 3 is 2.50 bits per heavy atom. The van der Waals surface area contributed by atoms with Crippen LogP contribution in [0.15, 0.2) is 46.1 Å². The molecule has 44 heavy (non-hydrogen) atoms. The number of hydrogen-bond acceptors (Lipinski definition) is 14. The van der Waals surface area contributed by atoms with Crippen molar-refractivity contribution in [3.05, 3.63) is 72.4 Å². The Hall–Kier alpha value is -5.37. The molecule has 0 saturated carbocycles. The normalized spacial score (nSPS) is 18.5. The monoisotopic (exact) mass is 647 g/mol.